The topological polar surface area (TPSA) is 80.3 Å². The van der Waals surface area contributed by atoms with Gasteiger partial charge in [0.25, 0.3) is 5.91 Å². The summed E-state index contributed by atoms with van der Waals surface area (Å²) in [6, 6.07) is 3.52. The highest BCUT2D eigenvalue weighted by molar-refractivity contribution is 5.92. The van der Waals surface area contributed by atoms with Crippen LogP contribution >= 0.6 is 0 Å². The highest BCUT2D eigenvalue weighted by atomic mass is 19.1. The molecule has 7 nitrogen and oxygen atoms in total. The number of hydrogen-bond acceptors (Lipinski definition) is 5. The Balaban J connectivity index is 1.54. The second kappa shape index (κ2) is 7.66. The third-order valence-corrected chi connectivity index (χ3v) is 4.10. The number of rotatable bonds is 5. The summed E-state index contributed by atoms with van der Waals surface area (Å²) in [6.45, 7) is 3.69. The monoisotopic (exact) mass is 350 g/mol. The number of nitrogens with zero attached hydrogens (tertiary/aromatic N) is 5. The van der Waals surface area contributed by atoms with Gasteiger partial charge in [-0.25, -0.2) is 8.78 Å². The second-order valence-electron chi connectivity index (χ2n) is 6.00. The number of halogens is 2. The average Bonchev–Trinajstić information content (AvgIpc) is 3.03. The van der Waals surface area contributed by atoms with Gasteiger partial charge in [-0.3, -0.25) is 14.4 Å². The van der Waals surface area contributed by atoms with Crippen LogP contribution < -0.4 is 5.73 Å². The molecule has 1 aromatic heterocycles. The summed E-state index contributed by atoms with van der Waals surface area (Å²) in [5.41, 5.74) is 6.33. The van der Waals surface area contributed by atoms with Crippen molar-refractivity contribution >= 4 is 5.91 Å². The van der Waals surface area contributed by atoms with E-state index in [1.807, 2.05) is 0 Å². The highest BCUT2D eigenvalue weighted by Gasteiger charge is 2.24. The number of hydrogen-bond donors (Lipinski definition) is 1. The van der Waals surface area contributed by atoms with E-state index in [1.54, 1.807) is 15.8 Å². The van der Waals surface area contributed by atoms with Gasteiger partial charge in [-0.15, -0.1) is 5.10 Å². The molecule has 1 aromatic carbocycles. The Bertz CT molecular complexity index is 722. The quantitative estimate of drug-likeness (QED) is 0.848. The molecule has 3 rings (SSSR count). The fourth-order valence-electron chi connectivity index (χ4n) is 2.87. The van der Waals surface area contributed by atoms with Crippen molar-refractivity contribution in [3.05, 3.63) is 47.3 Å². The highest BCUT2D eigenvalue weighted by Crippen LogP contribution is 2.13. The summed E-state index contributed by atoms with van der Waals surface area (Å²) >= 11 is 0. The zero-order valence-corrected chi connectivity index (χ0v) is 13.7. The molecule has 0 radical (unpaired) electrons. The first-order chi connectivity index (χ1) is 12.0. The molecule has 9 heteroatoms. The fourth-order valence-corrected chi connectivity index (χ4v) is 2.87. The van der Waals surface area contributed by atoms with Gasteiger partial charge in [0.1, 0.15) is 11.6 Å². The van der Waals surface area contributed by atoms with Crippen LogP contribution in [0.15, 0.2) is 24.4 Å². The smallest absolute Gasteiger partial charge is 0.276 e. The van der Waals surface area contributed by atoms with Crippen molar-refractivity contribution in [2.75, 3.05) is 32.7 Å². The summed E-state index contributed by atoms with van der Waals surface area (Å²) in [6.07, 6.45) is 1.59. The second-order valence-corrected chi connectivity index (χ2v) is 6.00. The SMILES string of the molecule is NCCn1cc(C(=O)N2CCN(Cc3cc(F)cc(F)c3)CC2)nn1. The molecule has 1 aliphatic heterocycles. The van der Waals surface area contributed by atoms with Crippen LogP contribution in [0, 0.1) is 11.6 Å². The van der Waals surface area contributed by atoms with Gasteiger partial charge in [0.05, 0.1) is 12.7 Å². The Morgan fingerprint density at radius 2 is 1.80 bits per heavy atom. The van der Waals surface area contributed by atoms with Gasteiger partial charge in [0, 0.05) is 45.3 Å². The van der Waals surface area contributed by atoms with Crippen LogP contribution in [-0.2, 0) is 13.1 Å². The van der Waals surface area contributed by atoms with Gasteiger partial charge in [-0.2, -0.15) is 0 Å². The van der Waals surface area contributed by atoms with E-state index in [-0.39, 0.29) is 5.91 Å². The minimum absolute atomic E-state index is 0.167. The molecule has 2 aromatic rings. The first-order valence-corrected chi connectivity index (χ1v) is 8.12. The normalized spacial score (nSPS) is 15.6. The molecule has 1 fully saturated rings. The van der Waals surface area contributed by atoms with Crippen LogP contribution in [0.3, 0.4) is 0 Å². The largest absolute Gasteiger partial charge is 0.335 e. The van der Waals surface area contributed by atoms with Crippen LogP contribution in [0.25, 0.3) is 0 Å². The van der Waals surface area contributed by atoms with E-state index in [1.165, 1.54) is 12.1 Å². The molecule has 0 unspecified atom stereocenters. The minimum Gasteiger partial charge on any atom is -0.335 e. The number of aromatic nitrogens is 3. The molecular formula is C16H20F2N6O. The first kappa shape index (κ1) is 17.4. The number of nitrogens with two attached hydrogens (primary N) is 1. The Kier molecular flexibility index (Phi) is 5.34. The van der Waals surface area contributed by atoms with Gasteiger partial charge < -0.3 is 10.6 Å². The molecule has 2 N–H and O–H groups in total. The number of amides is 1. The van der Waals surface area contributed by atoms with E-state index in [0.29, 0.717) is 57.1 Å². The summed E-state index contributed by atoms with van der Waals surface area (Å²) < 4.78 is 28.1. The van der Waals surface area contributed by atoms with E-state index in [4.69, 9.17) is 5.73 Å². The van der Waals surface area contributed by atoms with Gasteiger partial charge >= 0.3 is 0 Å². The lowest BCUT2D eigenvalue weighted by Crippen LogP contribution is -2.48. The van der Waals surface area contributed by atoms with Crippen molar-refractivity contribution in [1.29, 1.82) is 0 Å². The molecule has 0 bridgehead atoms. The van der Waals surface area contributed by atoms with Gasteiger partial charge in [-0.1, -0.05) is 5.21 Å². The maximum Gasteiger partial charge on any atom is 0.276 e. The number of carbonyl (C=O) groups is 1. The number of benzene rings is 1. The van der Waals surface area contributed by atoms with Crippen molar-refractivity contribution in [2.45, 2.75) is 13.1 Å². The Labute approximate surface area is 144 Å². The molecule has 1 aliphatic rings. The maximum absolute atomic E-state index is 13.3. The van der Waals surface area contributed by atoms with Crippen molar-refractivity contribution in [3.63, 3.8) is 0 Å². The standard InChI is InChI=1S/C16H20F2N6O/c17-13-7-12(8-14(18)9-13)10-22-3-5-23(6-4-22)16(25)15-11-24(2-1-19)21-20-15/h7-9,11H,1-6,10,19H2. The van der Waals surface area contributed by atoms with Crippen LogP contribution in [0.2, 0.25) is 0 Å². The van der Waals surface area contributed by atoms with Crippen LogP contribution in [0.5, 0.6) is 0 Å². The van der Waals surface area contributed by atoms with Gasteiger partial charge in [-0.05, 0) is 17.7 Å². The molecule has 0 aliphatic carbocycles. The lowest BCUT2D eigenvalue weighted by molar-refractivity contribution is 0.0622. The van der Waals surface area contributed by atoms with Crippen molar-refractivity contribution in [2.24, 2.45) is 5.73 Å². The van der Waals surface area contributed by atoms with Gasteiger partial charge in [0.15, 0.2) is 5.69 Å². The van der Waals surface area contributed by atoms with Crippen molar-refractivity contribution in [1.82, 2.24) is 24.8 Å². The molecule has 0 atom stereocenters. The van der Waals surface area contributed by atoms with E-state index in [0.717, 1.165) is 6.07 Å². The average molecular weight is 350 g/mol. The molecule has 0 spiro atoms. The van der Waals surface area contributed by atoms with Crippen LogP contribution in [-0.4, -0.2) is 63.4 Å². The number of piperazine rings is 1. The van der Waals surface area contributed by atoms with Crippen molar-refractivity contribution in [3.8, 4) is 0 Å². The van der Waals surface area contributed by atoms with Gasteiger partial charge in [0.2, 0.25) is 0 Å². The molecule has 134 valence electrons. The van der Waals surface area contributed by atoms with E-state index >= 15 is 0 Å². The van der Waals surface area contributed by atoms with E-state index in [2.05, 4.69) is 15.2 Å². The van der Waals surface area contributed by atoms with Crippen LogP contribution in [0.4, 0.5) is 8.78 Å². The first-order valence-electron chi connectivity index (χ1n) is 8.12. The Morgan fingerprint density at radius 3 is 2.44 bits per heavy atom. The van der Waals surface area contributed by atoms with E-state index in [9.17, 15) is 13.6 Å². The van der Waals surface area contributed by atoms with E-state index < -0.39 is 11.6 Å². The van der Waals surface area contributed by atoms with Crippen LogP contribution in [0.1, 0.15) is 16.1 Å². The predicted molar refractivity (Wildman–Crippen MR) is 86.6 cm³/mol. The number of carbonyl (C=O) groups excluding carboxylic acids is 1. The fraction of sp³-hybridized carbons (Fsp3) is 0.438. The minimum atomic E-state index is -0.579. The molecule has 25 heavy (non-hydrogen) atoms. The molecule has 0 saturated carbocycles. The predicted octanol–water partition coefficient (Wildman–Crippen LogP) is 0.473. The summed E-state index contributed by atoms with van der Waals surface area (Å²) in [7, 11) is 0. The molecule has 1 saturated heterocycles. The summed E-state index contributed by atoms with van der Waals surface area (Å²) in [5, 5.41) is 7.75. The molecular weight excluding hydrogens is 330 g/mol. The zero-order valence-electron chi connectivity index (χ0n) is 13.7. The third kappa shape index (κ3) is 4.37. The Morgan fingerprint density at radius 1 is 1.12 bits per heavy atom. The van der Waals surface area contributed by atoms with Crippen molar-refractivity contribution < 1.29 is 13.6 Å². The molecule has 2 heterocycles. The Hall–Kier alpha value is -2.39. The summed E-state index contributed by atoms with van der Waals surface area (Å²) in [5.74, 6) is -1.33. The maximum atomic E-state index is 13.3. The summed E-state index contributed by atoms with van der Waals surface area (Å²) in [4.78, 5) is 16.2. The zero-order chi connectivity index (χ0) is 17.8. The lowest BCUT2D eigenvalue weighted by Gasteiger charge is -2.34. The third-order valence-electron chi connectivity index (χ3n) is 4.10. The molecule has 1 amide bonds. The lowest BCUT2D eigenvalue weighted by atomic mass is 10.2.